The van der Waals surface area contributed by atoms with Gasteiger partial charge in [0.1, 0.15) is 5.75 Å². The van der Waals surface area contributed by atoms with Gasteiger partial charge in [0, 0.05) is 40.7 Å². The zero-order chi connectivity index (χ0) is 28.8. The molecule has 206 valence electrons. The molecule has 0 unspecified atom stereocenters. The lowest BCUT2D eigenvalue weighted by Crippen LogP contribution is -2.38. The first kappa shape index (κ1) is 27.3. The van der Waals surface area contributed by atoms with Crippen molar-refractivity contribution in [2.24, 2.45) is 0 Å². The predicted molar refractivity (Wildman–Crippen MR) is 141 cm³/mol. The summed E-state index contributed by atoms with van der Waals surface area (Å²) < 4.78 is 50.1. The standard InChI is InChI=1S/C29H22ClF3N2O5/c1-16-24(25(36)19-6-8-20(30)9-7-19)22-11-10-21(39-29(31,32)33)13-23(22)35(16)15-18-5-3-4-17(12-18)14-28(2)26(37)34-27(38)40-28/h3-13H,14-15H2,1-2H3,(H,34,37,38)/t28-/m1/s1. The number of ketones is 1. The molecule has 1 fully saturated rings. The smallest absolute Gasteiger partial charge is 0.432 e. The average Bonchev–Trinajstić information content (AvgIpc) is 3.28. The number of hydrogen-bond donors (Lipinski definition) is 1. The first-order valence-electron chi connectivity index (χ1n) is 12.1. The van der Waals surface area contributed by atoms with Gasteiger partial charge in [-0.25, -0.2) is 4.79 Å². The minimum Gasteiger partial charge on any atom is -0.432 e. The van der Waals surface area contributed by atoms with Crippen LogP contribution in [0.5, 0.6) is 5.75 Å². The fourth-order valence-electron chi connectivity index (χ4n) is 4.92. The van der Waals surface area contributed by atoms with Crippen LogP contribution in [0.2, 0.25) is 5.02 Å². The van der Waals surface area contributed by atoms with Crippen molar-refractivity contribution < 1.29 is 37.0 Å². The second-order valence-electron chi connectivity index (χ2n) is 9.68. The normalized spacial score (nSPS) is 17.1. The molecule has 1 aliphatic rings. The van der Waals surface area contributed by atoms with Gasteiger partial charge in [-0.1, -0.05) is 35.9 Å². The third-order valence-corrected chi connectivity index (χ3v) is 7.00. The van der Waals surface area contributed by atoms with Gasteiger partial charge in [0.25, 0.3) is 5.91 Å². The fourth-order valence-corrected chi connectivity index (χ4v) is 5.04. The highest BCUT2D eigenvalue weighted by Gasteiger charge is 2.44. The molecule has 2 amide bonds. The Bertz CT molecular complexity index is 1660. The Labute approximate surface area is 231 Å². The molecule has 1 aliphatic heterocycles. The molecule has 2 heterocycles. The van der Waals surface area contributed by atoms with Gasteiger partial charge in [-0.15, -0.1) is 13.2 Å². The number of halogens is 4. The number of cyclic esters (lactones) is 1. The summed E-state index contributed by atoms with van der Waals surface area (Å²) in [6.07, 6.45) is -5.58. The van der Waals surface area contributed by atoms with Crippen LogP contribution in [0.15, 0.2) is 66.7 Å². The molecule has 4 aromatic rings. The summed E-state index contributed by atoms with van der Waals surface area (Å²) in [5, 5.41) is 3.05. The van der Waals surface area contributed by atoms with Crippen LogP contribution >= 0.6 is 11.6 Å². The van der Waals surface area contributed by atoms with Crippen LogP contribution in [0.25, 0.3) is 10.9 Å². The maximum Gasteiger partial charge on any atom is 0.573 e. The van der Waals surface area contributed by atoms with E-state index in [-0.39, 0.29) is 18.7 Å². The highest BCUT2D eigenvalue weighted by Crippen LogP contribution is 2.34. The van der Waals surface area contributed by atoms with E-state index >= 15 is 0 Å². The number of alkyl carbamates (subject to hydrolysis) is 1. The Morgan fingerprint density at radius 3 is 2.40 bits per heavy atom. The molecule has 0 bridgehead atoms. The van der Waals surface area contributed by atoms with Gasteiger partial charge >= 0.3 is 12.5 Å². The molecule has 40 heavy (non-hydrogen) atoms. The molecule has 0 radical (unpaired) electrons. The minimum atomic E-state index is -4.89. The van der Waals surface area contributed by atoms with Crippen molar-refractivity contribution in [1.82, 2.24) is 9.88 Å². The maximum absolute atomic E-state index is 13.6. The van der Waals surface area contributed by atoms with Crippen molar-refractivity contribution in [3.05, 3.63) is 99.7 Å². The van der Waals surface area contributed by atoms with E-state index in [0.29, 0.717) is 38.3 Å². The van der Waals surface area contributed by atoms with Crippen molar-refractivity contribution in [3.63, 3.8) is 0 Å². The number of imide groups is 1. The number of hydrogen-bond acceptors (Lipinski definition) is 5. The van der Waals surface area contributed by atoms with Crippen LogP contribution in [0.3, 0.4) is 0 Å². The van der Waals surface area contributed by atoms with Crippen LogP contribution in [0, 0.1) is 6.92 Å². The first-order valence-corrected chi connectivity index (χ1v) is 12.5. The second kappa shape index (κ2) is 10.0. The fraction of sp³-hybridized carbons (Fsp3) is 0.207. The van der Waals surface area contributed by atoms with E-state index in [2.05, 4.69) is 10.1 Å². The van der Waals surface area contributed by atoms with Crippen LogP contribution in [0.1, 0.15) is 39.7 Å². The van der Waals surface area contributed by atoms with E-state index in [1.807, 2.05) is 12.1 Å². The van der Waals surface area contributed by atoms with E-state index in [1.165, 1.54) is 25.1 Å². The number of nitrogens with zero attached hydrogens (tertiary/aromatic N) is 1. The van der Waals surface area contributed by atoms with E-state index in [0.717, 1.165) is 5.56 Å². The molecule has 11 heteroatoms. The molecule has 3 aromatic carbocycles. The number of aromatic nitrogens is 1. The molecule has 0 spiro atoms. The molecule has 7 nitrogen and oxygen atoms in total. The van der Waals surface area contributed by atoms with Crippen LogP contribution in [-0.2, 0) is 22.5 Å². The van der Waals surface area contributed by atoms with Gasteiger partial charge < -0.3 is 14.0 Å². The Morgan fingerprint density at radius 1 is 1.05 bits per heavy atom. The van der Waals surface area contributed by atoms with E-state index in [4.69, 9.17) is 16.3 Å². The van der Waals surface area contributed by atoms with Crippen molar-refractivity contribution in [2.45, 2.75) is 38.8 Å². The monoisotopic (exact) mass is 570 g/mol. The Hall–Kier alpha value is -4.31. The Kier molecular flexibility index (Phi) is 6.83. The van der Waals surface area contributed by atoms with E-state index in [1.54, 1.807) is 47.9 Å². The average molecular weight is 571 g/mol. The van der Waals surface area contributed by atoms with Crippen LogP contribution in [-0.4, -0.2) is 34.3 Å². The predicted octanol–water partition coefficient (Wildman–Crippen LogP) is 6.35. The molecule has 1 saturated heterocycles. The second-order valence-corrected chi connectivity index (χ2v) is 10.1. The van der Waals surface area contributed by atoms with Gasteiger partial charge in [-0.3, -0.25) is 14.9 Å². The van der Waals surface area contributed by atoms with Crippen molar-refractivity contribution in [2.75, 3.05) is 0 Å². The third kappa shape index (κ3) is 5.40. The topological polar surface area (TPSA) is 86.6 Å². The van der Waals surface area contributed by atoms with Crippen LogP contribution in [0.4, 0.5) is 18.0 Å². The van der Waals surface area contributed by atoms with Gasteiger partial charge in [0.15, 0.2) is 11.4 Å². The Balaban J connectivity index is 1.56. The van der Waals surface area contributed by atoms with Gasteiger partial charge in [-0.2, -0.15) is 0 Å². The molecule has 0 saturated carbocycles. The highest BCUT2D eigenvalue weighted by atomic mass is 35.5. The van der Waals surface area contributed by atoms with Gasteiger partial charge in [0.05, 0.1) is 11.1 Å². The van der Waals surface area contributed by atoms with Gasteiger partial charge in [-0.05, 0) is 61.4 Å². The van der Waals surface area contributed by atoms with E-state index < -0.39 is 29.7 Å². The number of rotatable bonds is 7. The molecular weight excluding hydrogens is 549 g/mol. The molecule has 1 aromatic heterocycles. The molecule has 1 N–H and O–H groups in total. The largest absolute Gasteiger partial charge is 0.573 e. The number of ether oxygens (including phenoxy) is 2. The summed E-state index contributed by atoms with van der Waals surface area (Å²) in [6.45, 7) is 3.43. The van der Waals surface area contributed by atoms with Crippen LogP contribution < -0.4 is 10.1 Å². The lowest BCUT2D eigenvalue weighted by molar-refractivity contribution is -0.274. The van der Waals surface area contributed by atoms with Gasteiger partial charge in [0.2, 0.25) is 0 Å². The first-order chi connectivity index (χ1) is 18.8. The molecule has 0 aliphatic carbocycles. The number of fused-ring (bicyclic) bond motifs is 1. The molecular formula is C29H22ClF3N2O5. The number of amides is 2. The minimum absolute atomic E-state index is 0.119. The molecule has 1 atom stereocenters. The van der Waals surface area contributed by atoms with Crippen molar-refractivity contribution in [3.8, 4) is 5.75 Å². The zero-order valence-electron chi connectivity index (χ0n) is 21.3. The summed E-state index contributed by atoms with van der Waals surface area (Å²) in [6, 6.07) is 17.4. The number of benzene rings is 3. The number of alkyl halides is 3. The Morgan fingerprint density at radius 2 is 1.75 bits per heavy atom. The maximum atomic E-state index is 13.6. The molecule has 5 rings (SSSR count). The van der Waals surface area contributed by atoms with E-state index in [9.17, 15) is 27.6 Å². The summed E-state index contributed by atoms with van der Waals surface area (Å²) in [4.78, 5) is 37.3. The quantitative estimate of drug-likeness (QED) is 0.262. The summed E-state index contributed by atoms with van der Waals surface area (Å²) in [5.41, 5.74) is 1.72. The lowest BCUT2D eigenvalue weighted by Gasteiger charge is -2.19. The summed E-state index contributed by atoms with van der Waals surface area (Å²) >= 11 is 5.98. The highest BCUT2D eigenvalue weighted by molar-refractivity contribution is 6.30. The van der Waals surface area contributed by atoms with Crippen molar-refractivity contribution in [1.29, 1.82) is 0 Å². The third-order valence-electron chi connectivity index (χ3n) is 6.75. The number of nitrogens with one attached hydrogen (secondary N) is 1. The summed E-state index contributed by atoms with van der Waals surface area (Å²) in [5.74, 6) is -1.27. The SMILES string of the molecule is Cc1c(C(=O)c2ccc(Cl)cc2)c2ccc(OC(F)(F)F)cc2n1Cc1cccc(C[C@@]2(C)OC(=O)NC2=O)c1. The summed E-state index contributed by atoms with van der Waals surface area (Å²) in [7, 11) is 0. The number of carbonyl (C=O) groups excluding carboxylic acids is 3. The van der Waals surface area contributed by atoms with Crippen molar-refractivity contribution >= 4 is 40.3 Å². The lowest BCUT2D eigenvalue weighted by atomic mass is 9.95. The number of carbonyl (C=O) groups is 3. The zero-order valence-corrected chi connectivity index (χ0v) is 22.0.